The van der Waals surface area contributed by atoms with Gasteiger partial charge in [-0.15, -0.1) is 0 Å². The molecule has 0 spiro atoms. The Morgan fingerprint density at radius 2 is 1.45 bits per heavy atom. The molecule has 0 saturated carbocycles. The number of amides is 3. The Kier molecular flexibility index (Phi) is 11.7. The summed E-state index contributed by atoms with van der Waals surface area (Å²) in [6.07, 6.45) is -0.947. The fourth-order valence-corrected chi connectivity index (χ4v) is 4.11. The summed E-state index contributed by atoms with van der Waals surface area (Å²) in [6.45, 7) is 4.72. The molecule has 6 N–H and O–H groups in total. The number of aliphatic hydroxyl groups excluding tert-OH is 1. The molecule has 0 bridgehead atoms. The number of hydrogen-bond acceptors (Lipinski definition) is 6. The second-order valence-electron chi connectivity index (χ2n) is 9.33. The Morgan fingerprint density at radius 3 is 2.05 bits per heavy atom. The highest BCUT2D eigenvalue weighted by molar-refractivity contribution is 5.92. The van der Waals surface area contributed by atoms with Gasteiger partial charge < -0.3 is 31.5 Å². The molecule has 212 valence electrons. The van der Waals surface area contributed by atoms with Gasteiger partial charge >= 0.3 is 0 Å². The number of nitrogens with two attached hydrogens (primary N) is 1. The summed E-state index contributed by atoms with van der Waals surface area (Å²) in [5, 5.41) is 19.4. The van der Waals surface area contributed by atoms with E-state index in [1.807, 2.05) is 43.3 Å². The van der Waals surface area contributed by atoms with Gasteiger partial charge in [-0.3, -0.25) is 14.4 Å². The summed E-state index contributed by atoms with van der Waals surface area (Å²) in [4.78, 5) is 39.1. The average Bonchev–Trinajstić information content (AvgIpc) is 2.99. The minimum Gasteiger partial charge on any atom is -0.494 e. The molecule has 0 aliphatic carbocycles. The van der Waals surface area contributed by atoms with E-state index in [1.54, 1.807) is 49.4 Å². The number of benzene rings is 3. The summed E-state index contributed by atoms with van der Waals surface area (Å²) in [7, 11) is 0. The zero-order valence-electron chi connectivity index (χ0n) is 22.9. The van der Waals surface area contributed by atoms with Crippen molar-refractivity contribution in [1.29, 1.82) is 0 Å². The van der Waals surface area contributed by atoms with Crippen LogP contribution in [0.2, 0.25) is 0 Å². The zero-order valence-corrected chi connectivity index (χ0v) is 22.9. The van der Waals surface area contributed by atoms with Crippen LogP contribution < -0.4 is 26.4 Å². The van der Waals surface area contributed by atoms with Gasteiger partial charge in [0.2, 0.25) is 17.7 Å². The van der Waals surface area contributed by atoms with E-state index in [4.69, 9.17) is 10.5 Å². The Balaban J connectivity index is 1.80. The van der Waals surface area contributed by atoms with Crippen molar-refractivity contribution in [2.45, 2.75) is 58.0 Å². The van der Waals surface area contributed by atoms with Gasteiger partial charge in [0.1, 0.15) is 23.9 Å². The van der Waals surface area contributed by atoms with Crippen LogP contribution in [0.5, 0.6) is 5.75 Å². The van der Waals surface area contributed by atoms with Crippen molar-refractivity contribution in [3.63, 3.8) is 0 Å². The molecular formula is C31H38N4O5. The third-order valence-corrected chi connectivity index (χ3v) is 6.41. The lowest BCUT2D eigenvalue weighted by Gasteiger charge is -2.27. The minimum atomic E-state index is -1.32. The van der Waals surface area contributed by atoms with Crippen LogP contribution in [0, 0.1) is 0 Å². The highest BCUT2D eigenvalue weighted by Crippen LogP contribution is 2.18. The SMILES string of the molecule is CCOc1ccc(C[C@@H](NC(=O)CC)C(=O)N[C@H](C(=O)NCc2ccc(CN)cc2)[C@@H](O)c2ccccc2)cc1. The number of hydrogen-bond donors (Lipinski definition) is 5. The van der Waals surface area contributed by atoms with Crippen LogP contribution >= 0.6 is 0 Å². The molecule has 0 aliphatic rings. The lowest BCUT2D eigenvalue weighted by atomic mass is 9.99. The number of nitrogens with one attached hydrogen (secondary N) is 3. The molecule has 3 atom stereocenters. The zero-order chi connectivity index (χ0) is 28.9. The number of aliphatic hydroxyl groups is 1. The highest BCUT2D eigenvalue weighted by Gasteiger charge is 2.32. The van der Waals surface area contributed by atoms with E-state index in [9.17, 15) is 19.5 Å². The molecule has 3 amide bonds. The van der Waals surface area contributed by atoms with Crippen LogP contribution in [0.1, 0.15) is 48.6 Å². The molecule has 3 aromatic rings. The second-order valence-corrected chi connectivity index (χ2v) is 9.33. The summed E-state index contributed by atoms with van der Waals surface area (Å²) in [5.41, 5.74) is 8.73. The molecule has 3 aromatic carbocycles. The van der Waals surface area contributed by atoms with E-state index in [0.717, 1.165) is 16.7 Å². The molecule has 9 heteroatoms. The number of rotatable bonds is 14. The van der Waals surface area contributed by atoms with Crippen molar-refractivity contribution in [3.05, 3.63) is 101 Å². The first-order valence-electron chi connectivity index (χ1n) is 13.4. The van der Waals surface area contributed by atoms with Crippen LogP contribution in [-0.2, 0) is 33.9 Å². The monoisotopic (exact) mass is 546 g/mol. The maximum atomic E-state index is 13.5. The van der Waals surface area contributed by atoms with E-state index in [1.165, 1.54) is 0 Å². The molecule has 0 radical (unpaired) electrons. The number of carbonyl (C=O) groups excluding carboxylic acids is 3. The van der Waals surface area contributed by atoms with Gasteiger partial charge in [-0.2, -0.15) is 0 Å². The first-order valence-corrected chi connectivity index (χ1v) is 13.4. The fourth-order valence-electron chi connectivity index (χ4n) is 4.11. The van der Waals surface area contributed by atoms with Gasteiger partial charge in [-0.1, -0.05) is 73.7 Å². The maximum absolute atomic E-state index is 13.5. The molecule has 0 heterocycles. The van der Waals surface area contributed by atoms with E-state index in [-0.39, 0.29) is 25.3 Å². The van der Waals surface area contributed by atoms with Crippen LogP contribution in [-0.4, -0.2) is 41.5 Å². The van der Waals surface area contributed by atoms with Crippen molar-refractivity contribution < 1.29 is 24.2 Å². The molecule has 0 aliphatic heterocycles. The third kappa shape index (κ3) is 8.93. The minimum absolute atomic E-state index is 0.187. The summed E-state index contributed by atoms with van der Waals surface area (Å²) >= 11 is 0. The second kappa shape index (κ2) is 15.4. The van der Waals surface area contributed by atoms with Gasteiger partial charge in [-0.25, -0.2) is 0 Å². The van der Waals surface area contributed by atoms with Gasteiger partial charge in [0.15, 0.2) is 0 Å². The molecule has 0 fully saturated rings. The van der Waals surface area contributed by atoms with E-state index in [2.05, 4.69) is 16.0 Å². The molecule has 0 saturated heterocycles. The summed E-state index contributed by atoms with van der Waals surface area (Å²) < 4.78 is 5.48. The summed E-state index contributed by atoms with van der Waals surface area (Å²) in [5.74, 6) is -0.755. The van der Waals surface area contributed by atoms with Gasteiger partial charge in [-0.05, 0) is 41.3 Å². The average molecular weight is 547 g/mol. The molecule has 0 unspecified atom stereocenters. The van der Waals surface area contributed by atoms with Crippen molar-refractivity contribution in [2.24, 2.45) is 5.73 Å². The largest absolute Gasteiger partial charge is 0.494 e. The van der Waals surface area contributed by atoms with Crippen molar-refractivity contribution in [1.82, 2.24) is 16.0 Å². The Morgan fingerprint density at radius 1 is 0.825 bits per heavy atom. The Labute approximate surface area is 235 Å². The quantitative estimate of drug-likeness (QED) is 0.210. The molecule has 9 nitrogen and oxygen atoms in total. The van der Waals surface area contributed by atoms with Gasteiger partial charge in [0, 0.05) is 25.9 Å². The Hall–Kier alpha value is -4.21. The topological polar surface area (TPSA) is 143 Å². The lowest BCUT2D eigenvalue weighted by molar-refractivity contribution is -0.134. The summed E-state index contributed by atoms with van der Waals surface area (Å²) in [6, 6.07) is 21.1. The molecule has 3 rings (SSSR count). The number of carbonyl (C=O) groups is 3. The highest BCUT2D eigenvalue weighted by atomic mass is 16.5. The van der Waals surface area contributed by atoms with E-state index in [0.29, 0.717) is 24.5 Å². The Bertz CT molecular complexity index is 1230. The van der Waals surface area contributed by atoms with E-state index < -0.39 is 30.0 Å². The molecular weight excluding hydrogens is 508 g/mol. The lowest BCUT2D eigenvalue weighted by Crippen LogP contribution is -2.56. The van der Waals surface area contributed by atoms with Gasteiger partial charge in [0.05, 0.1) is 6.61 Å². The standard InChI is InChI=1S/C31H38N4O5/c1-3-27(36)34-26(18-21-14-16-25(17-15-21)40-4-2)30(38)35-28(29(37)24-8-6-5-7-9-24)31(39)33-20-23-12-10-22(19-32)11-13-23/h5-17,26,28-29,37H,3-4,18-20,32H2,1-2H3,(H,33,39)(H,34,36)(H,35,38)/t26-,28+,29+/m1/s1. The van der Waals surface area contributed by atoms with Crippen molar-refractivity contribution >= 4 is 17.7 Å². The smallest absolute Gasteiger partial charge is 0.245 e. The normalized spacial score (nSPS) is 13.0. The van der Waals surface area contributed by atoms with Crippen molar-refractivity contribution in [2.75, 3.05) is 6.61 Å². The predicted molar refractivity (Wildman–Crippen MR) is 153 cm³/mol. The van der Waals surface area contributed by atoms with Crippen molar-refractivity contribution in [3.8, 4) is 5.75 Å². The first-order chi connectivity index (χ1) is 19.3. The van der Waals surface area contributed by atoms with E-state index >= 15 is 0 Å². The third-order valence-electron chi connectivity index (χ3n) is 6.41. The fraction of sp³-hybridized carbons (Fsp3) is 0.323. The van der Waals surface area contributed by atoms with Crippen LogP contribution in [0.25, 0.3) is 0 Å². The molecule has 40 heavy (non-hydrogen) atoms. The first kappa shape index (κ1) is 30.3. The van der Waals surface area contributed by atoms with Crippen LogP contribution in [0.4, 0.5) is 0 Å². The maximum Gasteiger partial charge on any atom is 0.245 e. The van der Waals surface area contributed by atoms with Gasteiger partial charge in [0.25, 0.3) is 0 Å². The molecule has 0 aromatic heterocycles. The predicted octanol–water partition coefficient (Wildman–Crippen LogP) is 2.52. The van der Waals surface area contributed by atoms with Crippen LogP contribution in [0.3, 0.4) is 0 Å². The van der Waals surface area contributed by atoms with Crippen LogP contribution in [0.15, 0.2) is 78.9 Å². The number of ether oxygens (including phenoxy) is 1.